The van der Waals surface area contributed by atoms with Gasteiger partial charge in [-0.2, -0.15) is 0 Å². The fraction of sp³-hybridized carbons (Fsp3) is 0.240. The zero-order valence-corrected chi connectivity index (χ0v) is 18.2. The number of H-pyrrole nitrogens is 1. The van der Waals surface area contributed by atoms with Crippen molar-refractivity contribution in [3.63, 3.8) is 0 Å². The van der Waals surface area contributed by atoms with Crippen molar-refractivity contribution >= 4 is 40.5 Å². The van der Waals surface area contributed by atoms with Gasteiger partial charge < -0.3 is 9.88 Å². The van der Waals surface area contributed by atoms with E-state index in [4.69, 9.17) is 0 Å². The number of imide groups is 2. The second kappa shape index (κ2) is 9.09. The van der Waals surface area contributed by atoms with E-state index in [2.05, 4.69) is 29.0 Å². The number of aromatic amines is 1. The van der Waals surface area contributed by atoms with Gasteiger partial charge in [0, 0.05) is 42.4 Å². The largest absolute Gasteiger partial charge is 0.372 e. The number of barbiturate groups is 1. The Hall–Kier alpha value is -3.87. The van der Waals surface area contributed by atoms with Crippen molar-refractivity contribution in [1.29, 1.82) is 0 Å². The van der Waals surface area contributed by atoms with Gasteiger partial charge in [0.2, 0.25) is 0 Å². The second-order valence-corrected chi connectivity index (χ2v) is 7.65. The Kier molecular flexibility index (Phi) is 6.07. The first-order valence-electron chi connectivity index (χ1n) is 10.8. The van der Waals surface area contributed by atoms with Gasteiger partial charge in [-0.15, -0.1) is 0 Å². The molecule has 164 valence electrons. The van der Waals surface area contributed by atoms with Gasteiger partial charge in [0.1, 0.15) is 5.57 Å². The molecule has 0 radical (unpaired) electrons. The molecule has 0 unspecified atom stereocenters. The number of hydrogen-bond acceptors (Lipinski definition) is 4. The Bertz CT molecular complexity index is 1190. The predicted octanol–water partition coefficient (Wildman–Crippen LogP) is 3.72. The number of amides is 4. The molecule has 4 rings (SSSR count). The van der Waals surface area contributed by atoms with Crippen LogP contribution in [0, 0.1) is 0 Å². The molecule has 0 saturated carbocycles. The molecule has 0 bridgehead atoms. The Labute approximate surface area is 186 Å². The summed E-state index contributed by atoms with van der Waals surface area (Å²) in [6, 6.07) is 14.8. The lowest BCUT2D eigenvalue weighted by Crippen LogP contribution is -2.54. The monoisotopic (exact) mass is 430 g/mol. The summed E-state index contributed by atoms with van der Waals surface area (Å²) in [5.41, 5.74) is 3.77. The first-order chi connectivity index (χ1) is 15.5. The number of nitrogens with one attached hydrogen (secondary N) is 2. The number of rotatable bonds is 7. The fourth-order valence-electron chi connectivity index (χ4n) is 4.00. The van der Waals surface area contributed by atoms with Crippen molar-refractivity contribution in [3.8, 4) is 0 Å². The van der Waals surface area contributed by atoms with Gasteiger partial charge >= 0.3 is 6.03 Å². The third-order valence-corrected chi connectivity index (χ3v) is 5.80. The number of para-hydroxylation sites is 1. The first kappa shape index (κ1) is 21.4. The highest BCUT2D eigenvalue weighted by Gasteiger charge is 2.35. The maximum Gasteiger partial charge on any atom is 0.331 e. The average Bonchev–Trinajstić information content (AvgIpc) is 3.21. The van der Waals surface area contributed by atoms with Crippen LogP contribution in [-0.4, -0.2) is 47.4 Å². The molecular formula is C25H26N4O3. The van der Waals surface area contributed by atoms with Crippen LogP contribution in [0.4, 0.5) is 10.5 Å². The van der Waals surface area contributed by atoms with Crippen molar-refractivity contribution < 1.29 is 14.4 Å². The van der Waals surface area contributed by atoms with E-state index < -0.39 is 17.8 Å². The summed E-state index contributed by atoms with van der Waals surface area (Å²) >= 11 is 0. The lowest BCUT2D eigenvalue weighted by atomic mass is 10.1. The molecule has 32 heavy (non-hydrogen) atoms. The molecule has 2 aromatic carbocycles. The van der Waals surface area contributed by atoms with Gasteiger partial charge in [-0.3, -0.25) is 19.8 Å². The quantitative estimate of drug-likeness (QED) is 0.442. The van der Waals surface area contributed by atoms with Gasteiger partial charge in [0.05, 0.1) is 0 Å². The van der Waals surface area contributed by atoms with Gasteiger partial charge in [0.15, 0.2) is 0 Å². The smallest absolute Gasteiger partial charge is 0.331 e. The van der Waals surface area contributed by atoms with E-state index in [1.165, 1.54) is 6.08 Å². The summed E-state index contributed by atoms with van der Waals surface area (Å²) in [5.74, 6) is -1.25. The number of nitrogens with zero attached hydrogens (tertiary/aromatic N) is 2. The van der Waals surface area contributed by atoms with E-state index in [1.54, 1.807) is 0 Å². The van der Waals surface area contributed by atoms with Gasteiger partial charge in [-0.05, 0) is 55.7 Å². The van der Waals surface area contributed by atoms with Crippen molar-refractivity contribution in [2.24, 2.45) is 0 Å². The summed E-state index contributed by atoms with van der Waals surface area (Å²) < 4.78 is 0. The molecule has 0 aliphatic carbocycles. The van der Waals surface area contributed by atoms with Crippen LogP contribution in [0.5, 0.6) is 0 Å². The van der Waals surface area contributed by atoms with Crippen molar-refractivity contribution in [2.45, 2.75) is 20.3 Å². The van der Waals surface area contributed by atoms with Crippen molar-refractivity contribution in [1.82, 2.24) is 15.2 Å². The molecule has 1 aromatic heterocycles. The minimum Gasteiger partial charge on any atom is -0.372 e. The maximum atomic E-state index is 13.0. The summed E-state index contributed by atoms with van der Waals surface area (Å²) in [6.45, 7) is 6.15. The Morgan fingerprint density at radius 2 is 1.69 bits per heavy atom. The molecule has 2 N–H and O–H groups in total. The zero-order valence-electron chi connectivity index (χ0n) is 18.2. The molecule has 1 aliphatic rings. The van der Waals surface area contributed by atoms with Gasteiger partial charge in [-0.1, -0.05) is 30.3 Å². The Morgan fingerprint density at radius 1 is 0.969 bits per heavy atom. The number of urea groups is 1. The van der Waals surface area contributed by atoms with E-state index >= 15 is 0 Å². The summed E-state index contributed by atoms with van der Waals surface area (Å²) in [4.78, 5) is 44.2. The highest BCUT2D eigenvalue weighted by atomic mass is 16.2. The van der Waals surface area contributed by atoms with Gasteiger partial charge in [0.25, 0.3) is 11.8 Å². The van der Waals surface area contributed by atoms with E-state index in [1.807, 2.05) is 54.7 Å². The minimum absolute atomic E-state index is 0.0425. The van der Waals surface area contributed by atoms with Crippen LogP contribution in [0.25, 0.3) is 17.0 Å². The standard InChI is InChI=1S/C25H26N4O3/c1-3-28(4-2)19-11-9-17(10-12-19)15-21-23(30)27-25(32)29(24(21)31)14-13-18-16-26-22-8-6-5-7-20(18)22/h5-12,15-16,26H,3-4,13-14H2,1-2H3,(H,27,30,32). The van der Waals surface area contributed by atoms with E-state index in [-0.39, 0.29) is 12.1 Å². The zero-order chi connectivity index (χ0) is 22.7. The number of anilines is 1. The van der Waals surface area contributed by atoms with Crippen LogP contribution in [0.15, 0.2) is 60.3 Å². The highest BCUT2D eigenvalue weighted by Crippen LogP contribution is 2.21. The second-order valence-electron chi connectivity index (χ2n) is 7.65. The fourth-order valence-corrected chi connectivity index (χ4v) is 4.00. The van der Waals surface area contributed by atoms with Crippen molar-refractivity contribution in [3.05, 3.63) is 71.4 Å². The number of hydrogen-bond donors (Lipinski definition) is 2. The SMILES string of the molecule is CCN(CC)c1ccc(C=C2C(=O)NC(=O)N(CCc3c[nH]c4ccccc34)C2=O)cc1. The van der Waals surface area contributed by atoms with Crippen LogP contribution < -0.4 is 10.2 Å². The average molecular weight is 431 g/mol. The predicted molar refractivity (Wildman–Crippen MR) is 125 cm³/mol. The third kappa shape index (κ3) is 4.14. The summed E-state index contributed by atoms with van der Waals surface area (Å²) in [7, 11) is 0. The summed E-state index contributed by atoms with van der Waals surface area (Å²) in [5, 5.41) is 3.34. The first-order valence-corrected chi connectivity index (χ1v) is 10.8. The number of aromatic nitrogens is 1. The number of carbonyl (C=O) groups excluding carboxylic acids is 3. The van der Waals surface area contributed by atoms with Gasteiger partial charge in [-0.25, -0.2) is 4.79 Å². The number of carbonyl (C=O) groups is 3. The van der Waals surface area contributed by atoms with Crippen LogP contribution in [-0.2, 0) is 16.0 Å². The van der Waals surface area contributed by atoms with Crippen LogP contribution >= 0.6 is 0 Å². The lowest BCUT2D eigenvalue weighted by Gasteiger charge is -2.26. The number of benzene rings is 2. The molecule has 4 amide bonds. The molecule has 3 aromatic rings. The van der Waals surface area contributed by atoms with Crippen molar-refractivity contribution in [2.75, 3.05) is 24.5 Å². The van der Waals surface area contributed by atoms with Crippen LogP contribution in [0.2, 0.25) is 0 Å². The molecule has 0 spiro atoms. The van der Waals surface area contributed by atoms with E-state index in [0.717, 1.165) is 45.7 Å². The highest BCUT2D eigenvalue weighted by molar-refractivity contribution is 6.31. The molecule has 1 fully saturated rings. The van der Waals surface area contributed by atoms with E-state index in [9.17, 15) is 14.4 Å². The normalized spacial score (nSPS) is 15.5. The summed E-state index contributed by atoms with van der Waals surface area (Å²) in [6.07, 6.45) is 3.91. The van der Waals surface area contributed by atoms with Crippen LogP contribution in [0.1, 0.15) is 25.0 Å². The third-order valence-electron chi connectivity index (χ3n) is 5.80. The molecule has 7 nitrogen and oxygen atoms in total. The maximum absolute atomic E-state index is 13.0. The molecule has 7 heteroatoms. The molecule has 2 heterocycles. The molecule has 1 saturated heterocycles. The molecular weight excluding hydrogens is 404 g/mol. The van der Waals surface area contributed by atoms with Crippen LogP contribution in [0.3, 0.4) is 0 Å². The van der Waals surface area contributed by atoms with E-state index in [0.29, 0.717) is 6.42 Å². The lowest BCUT2D eigenvalue weighted by molar-refractivity contribution is -0.130. The Balaban J connectivity index is 1.52. The molecule has 0 atom stereocenters. The number of fused-ring (bicyclic) bond motifs is 1. The minimum atomic E-state index is -0.686. The topological polar surface area (TPSA) is 85.5 Å². The molecule has 1 aliphatic heterocycles. The Morgan fingerprint density at radius 3 is 2.41 bits per heavy atom.